The summed E-state index contributed by atoms with van der Waals surface area (Å²) in [4.78, 5) is 31.3. The van der Waals surface area contributed by atoms with E-state index < -0.39 is 5.69 Å². The minimum atomic E-state index is -0.498. The van der Waals surface area contributed by atoms with Crippen LogP contribution >= 0.6 is 11.8 Å². The molecule has 4 aromatic rings. The number of hydrogen-bond acceptors (Lipinski definition) is 5. The molecule has 0 fully saturated rings. The molecule has 0 bridgehead atoms. The fraction of sp³-hybridized carbons (Fsp3) is 0.100. The molecule has 7 nitrogen and oxygen atoms in total. The summed E-state index contributed by atoms with van der Waals surface area (Å²) >= 11 is 1.07. The average Bonchev–Trinajstić information content (AvgIpc) is 3.17. The first-order chi connectivity index (χ1) is 14.5. The predicted octanol–water partition coefficient (Wildman–Crippen LogP) is 2.77. The lowest BCUT2D eigenvalue weighted by Crippen LogP contribution is -2.25. The Morgan fingerprint density at radius 1 is 1.07 bits per heavy atom. The van der Waals surface area contributed by atoms with Gasteiger partial charge >= 0.3 is 5.69 Å². The molecule has 152 valence electrons. The average molecular weight is 427 g/mol. The van der Waals surface area contributed by atoms with Gasteiger partial charge in [-0.3, -0.25) is 9.78 Å². The fourth-order valence-electron chi connectivity index (χ4n) is 2.76. The minimum Gasteiger partial charge on any atom is -0.351 e. The number of benzene rings is 2. The zero-order chi connectivity index (χ0) is 21.1. The molecule has 2 aromatic carbocycles. The van der Waals surface area contributed by atoms with Crippen molar-refractivity contribution in [2.75, 3.05) is 5.75 Å². The number of hydrogen-bond donors (Lipinski definition) is 2. The smallest absolute Gasteiger partial charge is 0.350 e. The summed E-state index contributed by atoms with van der Waals surface area (Å²) in [5, 5.41) is 7.00. The summed E-state index contributed by atoms with van der Waals surface area (Å²) in [7, 11) is 0. The molecule has 0 aliphatic rings. The van der Waals surface area contributed by atoms with E-state index in [-0.39, 0.29) is 35.0 Å². The molecule has 2 heterocycles. The zero-order valence-electron chi connectivity index (χ0n) is 15.4. The van der Waals surface area contributed by atoms with Crippen molar-refractivity contribution in [1.29, 1.82) is 0 Å². The molecule has 0 aliphatic heterocycles. The molecule has 0 saturated heterocycles. The lowest BCUT2D eigenvalue weighted by molar-refractivity contribution is -0.118. The van der Waals surface area contributed by atoms with Crippen molar-refractivity contribution < 1.29 is 13.6 Å². The Hall–Kier alpha value is -3.53. The Labute approximate surface area is 173 Å². The second-order valence-corrected chi connectivity index (χ2v) is 7.30. The van der Waals surface area contributed by atoms with Crippen LogP contribution in [0.3, 0.4) is 0 Å². The molecule has 1 amide bonds. The zero-order valence-corrected chi connectivity index (χ0v) is 16.2. The van der Waals surface area contributed by atoms with Gasteiger partial charge in [0.15, 0.2) is 10.8 Å². The highest BCUT2D eigenvalue weighted by atomic mass is 32.2. The number of fused-ring (bicyclic) bond motifs is 1. The van der Waals surface area contributed by atoms with Crippen LogP contribution in [0.1, 0.15) is 5.56 Å². The number of rotatable bonds is 6. The van der Waals surface area contributed by atoms with Crippen LogP contribution in [0.15, 0.2) is 64.7 Å². The third-order valence-corrected chi connectivity index (χ3v) is 5.13. The fourth-order valence-corrected chi connectivity index (χ4v) is 3.44. The van der Waals surface area contributed by atoms with E-state index in [9.17, 15) is 18.4 Å². The number of amides is 1. The van der Waals surface area contributed by atoms with E-state index in [1.54, 1.807) is 24.3 Å². The first kappa shape index (κ1) is 19.8. The maximum atomic E-state index is 13.2. The Balaban J connectivity index is 1.47. The van der Waals surface area contributed by atoms with E-state index in [1.807, 2.05) is 0 Å². The lowest BCUT2D eigenvalue weighted by atomic mass is 10.1. The molecule has 30 heavy (non-hydrogen) atoms. The summed E-state index contributed by atoms with van der Waals surface area (Å²) in [5.41, 5.74) is 1.81. The van der Waals surface area contributed by atoms with Crippen molar-refractivity contribution in [3.8, 4) is 11.1 Å². The summed E-state index contributed by atoms with van der Waals surface area (Å²) in [5.74, 6) is -0.950. The number of thioether (sulfide) groups is 1. The van der Waals surface area contributed by atoms with Crippen molar-refractivity contribution >= 4 is 23.3 Å². The lowest BCUT2D eigenvalue weighted by Gasteiger charge is -2.06. The number of nitrogens with one attached hydrogen (secondary N) is 2. The number of halogens is 2. The van der Waals surface area contributed by atoms with Gasteiger partial charge in [-0.2, -0.15) is 9.61 Å². The Morgan fingerprint density at radius 2 is 1.73 bits per heavy atom. The number of nitrogens with zero attached hydrogens (tertiary/aromatic N) is 3. The monoisotopic (exact) mass is 427 g/mol. The van der Waals surface area contributed by atoms with Gasteiger partial charge in [-0.25, -0.2) is 18.6 Å². The minimum absolute atomic E-state index is 0.0281. The van der Waals surface area contributed by atoms with E-state index in [2.05, 4.69) is 20.4 Å². The van der Waals surface area contributed by atoms with Crippen LogP contribution in [0, 0.1) is 11.6 Å². The van der Waals surface area contributed by atoms with Crippen LogP contribution < -0.4 is 11.0 Å². The molecular formula is C20H15F2N5O2S. The summed E-state index contributed by atoms with van der Waals surface area (Å²) in [6.07, 6.45) is 1.48. The largest absolute Gasteiger partial charge is 0.351 e. The van der Waals surface area contributed by atoms with Crippen LogP contribution in [-0.4, -0.2) is 31.2 Å². The molecular weight excluding hydrogens is 412 g/mol. The second kappa shape index (κ2) is 8.46. The van der Waals surface area contributed by atoms with Crippen LogP contribution in [0.2, 0.25) is 0 Å². The van der Waals surface area contributed by atoms with Gasteiger partial charge < -0.3 is 5.32 Å². The van der Waals surface area contributed by atoms with Crippen molar-refractivity contribution in [3.05, 3.63) is 82.4 Å². The van der Waals surface area contributed by atoms with Gasteiger partial charge in [0.05, 0.1) is 11.9 Å². The molecule has 0 atom stereocenters. The first-order valence-corrected chi connectivity index (χ1v) is 9.86. The SMILES string of the molecule is O=C(CSc1nc2c(-c3ccc(F)cc3)cnn2c(=O)[nH]1)NCc1ccc(F)cc1. The van der Waals surface area contributed by atoms with Crippen LogP contribution in [0.4, 0.5) is 8.78 Å². The highest BCUT2D eigenvalue weighted by Gasteiger charge is 2.13. The first-order valence-electron chi connectivity index (χ1n) is 8.87. The topological polar surface area (TPSA) is 92.2 Å². The number of carbonyl (C=O) groups is 1. The number of H-pyrrole nitrogens is 1. The van der Waals surface area contributed by atoms with Gasteiger partial charge in [0.25, 0.3) is 0 Å². The van der Waals surface area contributed by atoms with Gasteiger partial charge in [0, 0.05) is 12.1 Å². The van der Waals surface area contributed by atoms with Crippen LogP contribution in [0.25, 0.3) is 16.8 Å². The third kappa shape index (κ3) is 4.38. The molecule has 4 rings (SSSR count). The molecule has 2 aromatic heterocycles. The van der Waals surface area contributed by atoms with E-state index in [0.29, 0.717) is 16.8 Å². The van der Waals surface area contributed by atoms with Crippen molar-refractivity contribution in [2.24, 2.45) is 0 Å². The third-order valence-electron chi connectivity index (χ3n) is 4.26. The Morgan fingerprint density at radius 3 is 2.43 bits per heavy atom. The van der Waals surface area contributed by atoms with E-state index in [0.717, 1.165) is 21.8 Å². The van der Waals surface area contributed by atoms with Crippen molar-refractivity contribution in [1.82, 2.24) is 24.9 Å². The number of aromatic nitrogens is 4. The number of aromatic amines is 1. The quantitative estimate of drug-likeness (QED) is 0.462. The molecule has 0 radical (unpaired) electrons. The molecule has 2 N–H and O–H groups in total. The van der Waals surface area contributed by atoms with Gasteiger partial charge in [0.2, 0.25) is 5.91 Å². The molecule has 0 unspecified atom stereocenters. The maximum Gasteiger partial charge on any atom is 0.350 e. The van der Waals surface area contributed by atoms with Crippen molar-refractivity contribution in [2.45, 2.75) is 11.7 Å². The van der Waals surface area contributed by atoms with E-state index in [4.69, 9.17) is 0 Å². The molecule has 0 saturated carbocycles. The summed E-state index contributed by atoms with van der Waals surface area (Å²) in [6.45, 7) is 0.264. The van der Waals surface area contributed by atoms with Crippen LogP contribution in [-0.2, 0) is 11.3 Å². The van der Waals surface area contributed by atoms with Gasteiger partial charge in [-0.1, -0.05) is 36.0 Å². The van der Waals surface area contributed by atoms with Gasteiger partial charge in [0.1, 0.15) is 11.6 Å². The van der Waals surface area contributed by atoms with Crippen LogP contribution in [0.5, 0.6) is 0 Å². The maximum absolute atomic E-state index is 13.2. The van der Waals surface area contributed by atoms with E-state index >= 15 is 0 Å². The second-order valence-electron chi connectivity index (χ2n) is 6.34. The predicted molar refractivity (Wildman–Crippen MR) is 108 cm³/mol. The Kier molecular flexibility index (Phi) is 5.57. The molecule has 0 aliphatic carbocycles. The highest BCUT2D eigenvalue weighted by molar-refractivity contribution is 7.99. The summed E-state index contributed by atoms with van der Waals surface area (Å²) in [6, 6.07) is 11.6. The number of carbonyl (C=O) groups excluding carboxylic acids is 1. The van der Waals surface area contributed by atoms with E-state index in [1.165, 1.54) is 30.5 Å². The van der Waals surface area contributed by atoms with Crippen molar-refractivity contribution in [3.63, 3.8) is 0 Å². The van der Waals surface area contributed by atoms with Gasteiger partial charge in [-0.15, -0.1) is 0 Å². The summed E-state index contributed by atoms with van der Waals surface area (Å²) < 4.78 is 27.2. The normalized spacial score (nSPS) is 11.0. The standard InChI is InChI=1S/C20H15F2N5O2S/c21-14-5-1-12(2-6-14)9-23-17(28)11-30-19-25-18-16(10-24-27(18)20(29)26-19)13-3-7-15(22)8-4-13/h1-8,10H,9,11H2,(H,23,28)(H,25,26,29). The molecule has 0 spiro atoms. The van der Waals surface area contributed by atoms with Gasteiger partial charge in [-0.05, 0) is 35.4 Å². The highest BCUT2D eigenvalue weighted by Crippen LogP contribution is 2.23. The Bertz CT molecular complexity index is 1250. The molecule has 10 heteroatoms.